The normalized spacial score (nSPS) is 34.5. The van der Waals surface area contributed by atoms with Gasteiger partial charge in [-0.2, -0.15) is 0 Å². The number of carboxylic acid groups (broad SMARTS) is 1. The van der Waals surface area contributed by atoms with E-state index in [0.717, 1.165) is 6.42 Å². The standard InChI is InChI=1S/C16H30O7/c1-4-8-22-10-7-12-16(3,20)14(17)11(6-9-21-5-2)13(23-12)15(18)19/h11-14,17,20H,4-10H2,1-3H3,(H,18,19)/p-1. The first-order valence-corrected chi connectivity index (χ1v) is 8.28. The Morgan fingerprint density at radius 2 is 1.87 bits per heavy atom. The molecule has 1 fully saturated rings. The number of carbonyl (C=O) groups is 1. The maximum Gasteiger partial charge on any atom is 0.114 e. The number of hydrogen-bond donors (Lipinski definition) is 2. The molecule has 1 aliphatic heterocycles. The molecule has 0 spiro atoms. The Morgan fingerprint density at radius 1 is 1.22 bits per heavy atom. The van der Waals surface area contributed by atoms with Crippen molar-refractivity contribution in [2.24, 2.45) is 5.92 Å². The zero-order chi connectivity index (χ0) is 17.5. The topological polar surface area (TPSA) is 108 Å². The van der Waals surface area contributed by atoms with Gasteiger partial charge in [0.2, 0.25) is 0 Å². The third-order valence-corrected chi connectivity index (χ3v) is 4.26. The van der Waals surface area contributed by atoms with Gasteiger partial charge in [-0.1, -0.05) is 6.92 Å². The first-order chi connectivity index (χ1) is 10.9. The van der Waals surface area contributed by atoms with Crippen molar-refractivity contribution < 1.29 is 34.3 Å². The maximum absolute atomic E-state index is 11.4. The SMILES string of the molecule is CCCOCCC1OC(C(=O)[O-])C(CCOCC)C(O)C1(C)O. The molecule has 1 aliphatic rings. The molecule has 7 heteroatoms. The second kappa shape index (κ2) is 9.54. The van der Waals surface area contributed by atoms with Crippen LogP contribution < -0.4 is 5.11 Å². The monoisotopic (exact) mass is 333 g/mol. The number of hydrogen-bond acceptors (Lipinski definition) is 7. The van der Waals surface area contributed by atoms with Crippen LogP contribution in [-0.4, -0.2) is 66.5 Å². The van der Waals surface area contributed by atoms with Crippen molar-refractivity contribution in [1.82, 2.24) is 0 Å². The third kappa shape index (κ3) is 5.39. The van der Waals surface area contributed by atoms with Gasteiger partial charge in [-0.25, -0.2) is 0 Å². The molecule has 0 aliphatic carbocycles. The highest BCUT2D eigenvalue weighted by Crippen LogP contribution is 2.36. The van der Waals surface area contributed by atoms with E-state index in [0.29, 0.717) is 26.2 Å². The Kier molecular flexibility index (Phi) is 8.42. The molecular formula is C16H29O7-. The Bertz CT molecular complexity index is 354. The molecule has 1 rings (SSSR count). The van der Waals surface area contributed by atoms with E-state index in [1.54, 1.807) is 0 Å². The summed E-state index contributed by atoms with van der Waals surface area (Å²) < 4.78 is 16.1. The Hall–Kier alpha value is -0.730. The van der Waals surface area contributed by atoms with Crippen LogP contribution in [0.3, 0.4) is 0 Å². The second-order valence-electron chi connectivity index (χ2n) is 6.09. The van der Waals surface area contributed by atoms with Gasteiger partial charge in [-0.3, -0.25) is 0 Å². The molecule has 0 radical (unpaired) electrons. The average molecular weight is 333 g/mol. The van der Waals surface area contributed by atoms with E-state index in [2.05, 4.69) is 0 Å². The molecule has 7 nitrogen and oxygen atoms in total. The Balaban J connectivity index is 2.76. The number of aliphatic hydroxyl groups excluding tert-OH is 1. The summed E-state index contributed by atoms with van der Waals surface area (Å²) >= 11 is 0. The van der Waals surface area contributed by atoms with Crippen LogP contribution in [0, 0.1) is 5.92 Å². The lowest BCUT2D eigenvalue weighted by molar-refractivity contribution is -0.336. The molecule has 1 heterocycles. The number of carbonyl (C=O) groups excluding carboxylic acids is 1. The maximum atomic E-state index is 11.4. The van der Waals surface area contributed by atoms with Crippen LogP contribution in [0.4, 0.5) is 0 Å². The third-order valence-electron chi connectivity index (χ3n) is 4.26. The minimum absolute atomic E-state index is 0.267. The molecular weight excluding hydrogens is 304 g/mol. The molecule has 0 saturated carbocycles. The molecule has 2 N–H and O–H groups in total. The zero-order valence-corrected chi connectivity index (χ0v) is 14.2. The van der Waals surface area contributed by atoms with Crippen molar-refractivity contribution in [3.63, 3.8) is 0 Å². The lowest BCUT2D eigenvalue weighted by atomic mass is 9.76. The summed E-state index contributed by atoms with van der Waals surface area (Å²) in [6.45, 7) is 6.95. The largest absolute Gasteiger partial charge is 0.547 e. The van der Waals surface area contributed by atoms with E-state index in [1.807, 2.05) is 13.8 Å². The van der Waals surface area contributed by atoms with E-state index in [9.17, 15) is 20.1 Å². The summed E-state index contributed by atoms with van der Waals surface area (Å²) in [5.74, 6) is -2.17. The zero-order valence-electron chi connectivity index (χ0n) is 14.2. The highest BCUT2D eigenvalue weighted by molar-refractivity contribution is 5.70. The van der Waals surface area contributed by atoms with E-state index < -0.39 is 35.8 Å². The summed E-state index contributed by atoms with van der Waals surface area (Å²) in [5.41, 5.74) is -1.56. The van der Waals surface area contributed by atoms with Gasteiger partial charge in [0.1, 0.15) is 11.7 Å². The van der Waals surface area contributed by atoms with Crippen molar-refractivity contribution in [2.45, 2.75) is 63.9 Å². The van der Waals surface area contributed by atoms with Crippen molar-refractivity contribution in [3.05, 3.63) is 0 Å². The minimum atomic E-state index is -1.56. The predicted molar refractivity (Wildman–Crippen MR) is 80.6 cm³/mol. The fourth-order valence-corrected chi connectivity index (χ4v) is 2.91. The Labute approximate surface area is 137 Å². The number of carboxylic acids is 1. The average Bonchev–Trinajstić information content (AvgIpc) is 2.49. The number of aliphatic carboxylic acids is 1. The van der Waals surface area contributed by atoms with Crippen LogP contribution in [0.2, 0.25) is 0 Å². The van der Waals surface area contributed by atoms with Crippen LogP contribution in [-0.2, 0) is 19.0 Å². The molecule has 0 bridgehead atoms. The van der Waals surface area contributed by atoms with Crippen LogP contribution in [0.1, 0.15) is 40.0 Å². The summed E-state index contributed by atoms with van der Waals surface area (Å²) in [4.78, 5) is 11.4. The number of ether oxygens (including phenoxy) is 3. The van der Waals surface area contributed by atoms with E-state index in [1.165, 1.54) is 6.92 Å². The number of aliphatic hydroxyl groups is 2. The molecule has 0 aromatic carbocycles. The van der Waals surface area contributed by atoms with Gasteiger partial charge in [0.15, 0.2) is 0 Å². The summed E-state index contributed by atoms with van der Waals surface area (Å²) in [5, 5.41) is 32.4. The van der Waals surface area contributed by atoms with Gasteiger partial charge in [0, 0.05) is 32.3 Å². The molecule has 0 aromatic heterocycles. The molecule has 0 aromatic rings. The lowest BCUT2D eigenvalue weighted by Gasteiger charge is -2.49. The van der Waals surface area contributed by atoms with Crippen molar-refractivity contribution in [1.29, 1.82) is 0 Å². The highest BCUT2D eigenvalue weighted by atomic mass is 16.5. The van der Waals surface area contributed by atoms with E-state index in [-0.39, 0.29) is 13.0 Å². The predicted octanol–water partition coefficient (Wildman–Crippen LogP) is -0.525. The van der Waals surface area contributed by atoms with Gasteiger partial charge in [0.25, 0.3) is 0 Å². The molecule has 0 amide bonds. The second-order valence-corrected chi connectivity index (χ2v) is 6.09. The lowest BCUT2D eigenvalue weighted by Crippen LogP contribution is -2.65. The Morgan fingerprint density at radius 3 is 2.43 bits per heavy atom. The van der Waals surface area contributed by atoms with Crippen LogP contribution in [0.5, 0.6) is 0 Å². The van der Waals surface area contributed by atoms with Gasteiger partial charge in [-0.05, 0) is 33.1 Å². The molecule has 136 valence electrons. The first-order valence-electron chi connectivity index (χ1n) is 8.28. The smallest absolute Gasteiger partial charge is 0.114 e. The van der Waals surface area contributed by atoms with Crippen molar-refractivity contribution >= 4 is 5.97 Å². The fraction of sp³-hybridized carbons (Fsp3) is 0.938. The molecule has 5 atom stereocenters. The molecule has 1 saturated heterocycles. The van der Waals surface area contributed by atoms with Gasteiger partial charge < -0.3 is 34.3 Å². The van der Waals surface area contributed by atoms with E-state index in [4.69, 9.17) is 14.2 Å². The minimum Gasteiger partial charge on any atom is -0.547 e. The van der Waals surface area contributed by atoms with Crippen LogP contribution >= 0.6 is 0 Å². The van der Waals surface area contributed by atoms with Crippen LogP contribution in [0.15, 0.2) is 0 Å². The van der Waals surface area contributed by atoms with Gasteiger partial charge in [-0.15, -0.1) is 0 Å². The van der Waals surface area contributed by atoms with Crippen molar-refractivity contribution in [3.8, 4) is 0 Å². The molecule has 5 unspecified atom stereocenters. The van der Waals surface area contributed by atoms with Gasteiger partial charge in [0.05, 0.1) is 18.2 Å². The summed E-state index contributed by atoms with van der Waals surface area (Å²) in [7, 11) is 0. The number of rotatable bonds is 10. The van der Waals surface area contributed by atoms with Gasteiger partial charge >= 0.3 is 0 Å². The fourth-order valence-electron chi connectivity index (χ4n) is 2.91. The summed E-state index contributed by atoms with van der Waals surface area (Å²) in [6.07, 6.45) is -1.92. The van der Waals surface area contributed by atoms with Crippen molar-refractivity contribution in [2.75, 3.05) is 26.4 Å². The van der Waals surface area contributed by atoms with Crippen LogP contribution in [0.25, 0.3) is 0 Å². The quantitative estimate of drug-likeness (QED) is 0.518. The summed E-state index contributed by atoms with van der Waals surface area (Å²) in [6, 6.07) is 0. The first kappa shape index (κ1) is 20.3. The van der Waals surface area contributed by atoms with E-state index >= 15 is 0 Å². The molecule has 23 heavy (non-hydrogen) atoms. The highest BCUT2D eigenvalue weighted by Gasteiger charge is 2.51.